The molecule has 0 aliphatic carbocycles. The van der Waals surface area contributed by atoms with E-state index in [1.54, 1.807) is 7.05 Å². The van der Waals surface area contributed by atoms with Crippen molar-refractivity contribution in [2.75, 3.05) is 25.5 Å². The van der Waals surface area contributed by atoms with Crippen LogP contribution in [-0.4, -0.2) is 30.4 Å². The Hall–Kier alpha value is -2.28. The molecule has 0 saturated carbocycles. The second-order valence-electron chi connectivity index (χ2n) is 6.06. The molecular weight excluding hydrogens is 317 g/mol. The van der Waals surface area contributed by atoms with Crippen LogP contribution in [0.4, 0.5) is 18.9 Å². The quantitative estimate of drug-likeness (QED) is 0.915. The first-order valence-electron chi connectivity index (χ1n) is 7.59. The van der Waals surface area contributed by atoms with Crippen molar-refractivity contribution in [3.05, 3.63) is 46.8 Å². The number of nitrogens with zero attached hydrogens (tertiary/aromatic N) is 3. The highest BCUT2D eigenvalue weighted by Gasteiger charge is 2.39. The molecule has 0 unspecified atom stereocenters. The van der Waals surface area contributed by atoms with Crippen LogP contribution in [0.15, 0.2) is 24.3 Å². The summed E-state index contributed by atoms with van der Waals surface area (Å²) in [5.41, 5.74) is 2.78. The summed E-state index contributed by atoms with van der Waals surface area (Å²) >= 11 is 0. The van der Waals surface area contributed by atoms with Gasteiger partial charge in [-0.05, 0) is 29.3 Å². The van der Waals surface area contributed by atoms with Gasteiger partial charge in [0.05, 0.1) is 5.69 Å². The molecular formula is C17H19F3N4. The number of benzene rings is 1. The zero-order chi connectivity index (χ0) is 17.5. The van der Waals surface area contributed by atoms with E-state index in [1.165, 1.54) is 4.68 Å². The van der Waals surface area contributed by atoms with Crippen LogP contribution >= 0.6 is 0 Å². The second-order valence-corrected chi connectivity index (χ2v) is 6.06. The predicted octanol–water partition coefficient (Wildman–Crippen LogP) is 3.15. The van der Waals surface area contributed by atoms with Crippen LogP contribution < -0.4 is 10.2 Å². The molecule has 0 atom stereocenters. The molecule has 7 heteroatoms. The number of anilines is 1. The van der Waals surface area contributed by atoms with E-state index in [0.29, 0.717) is 12.2 Å². The number of aromatic nitrogens is 2. The molecule has 0 saturated heterocycles. The van der Waals surface area contributed by atoms with Crippen LogP contribution in [0.1, 0.15) is 22.5 Å². The Balaban J connectivity index is 2.02. The summed E-state index contributed by atoms with van der Waals surface area (Å²) in [5.74, 6) is 0. The van der Waals surface area contributed by atoms with Crippen LogP contribution in [-0.2, 0) is 19.8 Å². The Labute approximate surface area is 138 Å². The van der Waals surface area contributed by atoms with Gasteiger partial charge in [-0.2, -0.15) is 18.3 Å². The molecule has 2 heterocycles. The van der Waals surface area contributed by atoms with E-state index in [0.717, 1.165) is 16.8 Å². The fourth-order valence-electron chi connectivity index (χ4n) is 2.96. The maximum atomic E-state index is 13.1. The molecule has 1 aliphatic rings. The van der Waals surface area contributed by atoms with Crippen LogP contribution in [0, 0.1) is 0 Å². The van der Waals surface area contributed by atoms with Crippen molar-refractivity contribution in [2.24, 2.45) is 7.05 Å². The summed E-state index contributed by atoms with van der Waals surface area (Å²) in [5, 5.41) is 6.73. The number of halogens is 3. The van der Waals surface area contributed by atoms with Crippen molar-refractivity contribution in [3.63, 3.8) is 0 Å². The Kier molecular flexibility index (Phi) is 4.13. The topological polar surface area (TPSA) is 33.1 Å². The van der Waals surface area contributed by atoms with Crippen LogP contribution in [0.2, 0.25) is 0 Å². The van der Waals surface area contributed by atoms with Gasteiger partial charge in [-0.15, -0.1) is 0 Å². The maximum Gasteiger partial charge on any atom is 0.435 e. The van der Waals surface area contributed by atoms with Gasteiger partial charge in [-0.25, -0.2) is 0 Å². The van der Waals surface area contributed by atoms with Crippen molar-refractivity contribution in [1.82, 2.24) is 15.1 Å². The highest BCUT2D eigenvalue weighted by Crippen LogP contribution is 2.36. The Morgan fingerprint density at radius 3 is 2.42 bits per heavy atom. The summed E-state index contributed by atoms with van der Waals surface area (Å²) in [7, 11) is 5.47. The number of fused-ring (bicyclic) bond motifs is 1. The minimum Gasteiger partial charge on any atom is -0.378 e. The van der Waals surface area contributed by atoms with E-state index in [9.17, 15) is 13.2 Å². The number of rotatable bonds is 2. The van der Waals surface area contributed by atoms with E-state index < -0.39 is 11.9 Å². The summed E-state index contributed by atoms with van der Waals surface area (Å²) in [4.78, 5) is 1.99. The lowest BCUT2D eigenvalue weighted by Gasteiger charge is -2.19. The first kappa shape index (κ1) is 16.6. The fraction of sp³-hybridized carbons (Fsp3) is 0.353. The average molecular weight is 336 g/mol. The van der Waals surface area contributed by atoms with Gasteiger partial charge in [0.2, 0.25) is 0 Å². The highest BCUT2D eigenvalue weighted by molar-refractivity contribution is 5.84. The van der Waals surface area contributed by atoms with Crippen LogP contribution in [0.5, 0.6) is 0 Å². The molecule has 24 heavy (non-hydrogen) atoms. The first-order valence-corrected chi connectivity index (χ1v) is 7.59. The fourth-order valence-corrected chi connectivity index (χ4v) is 2.96. The van der Waals surface area contributed by atoms with E-state index in [1.807, 2.05) is 49.3 Å². The Morgan fingerprint density at radius 1 is 1.17 bits per heavy atom. The van der Waals surface area contributed by atoms with Crippen molar-refractivity contribution >= 4 is 17.3 Å². The van der Waals surface area contributed by atoms with Crippen molar-refractivity contribution in [2.45, 2.75) is 12.7 Å². The predicted molar refractivity (Wildman–Crippen MR) is 88.6 cm³/mol. The lowest BCUT2D eigenvalue weighted by molar-refractivity contribution is -0.142. The maximum absolute atomic E-state index is 13.1. The van der Waals surface area contributed by atoms with Crippen LogP contribution in [0.25, 0.3) is 11.6 Å². The number of alkyl halides is 3. The summed E-state index contributed by atoms with van der Waals surface area (Å²) in [6, 6.07) is 7.87. The third-order valence-corrected chi connectivity index (χ3v) is 4.09. The van der Waals surface area contributed by atoms with Gasteiger partial charge in [0.25, 0.3) is 0 Å². The molecule has 0 spiro atoms. The Bertz CT molecular complexity index is 770. The molecule has 4 nitrogen and oxygen atoms in total. The van der Waals surface area contributed by atoms with Crippen molar-refractivity contribution in [3.8, 4) is 0 Å². The monoisotopic (exact) mass is 336 g/mol. The molecule has 1 N–H and O–H groups in total. The zero-order valence-corrected chi connectivity index (χ0v) is 13.8. The molecule has 1 aromatic carbocycles. The first-order chi connectivity index (χ1) is 11.3. The lowest BCUT2D eigenvalue weighted by atomic mass is 9.99. The molecule has 128 valence electrons. The van der Waals surface area contributed by atoms with E-state index >= 15 is 0 Å². The Morgan fingerprint density at radius 2 is 1.83 bits per heavy atom. The van der Waals surface area contributed by atoms with Gasteiger partial charge in [-0.3, -0.25) is 4.68 Å². The molecule has 1 aliphatic heterocycles. The van der Waals surface area contributed by atoms with Gasteiger partial charge in [0.1, 0.15) is 0 Å². The number of hydrogen-bond acceptors (Lipinski definition) is 3. The summed E-state index contributed by atoms with van der Waals surface area (Å²) in [6.07, 6.45) is -2.53. The van der Waals surface area contributed by atoms with E-state index in [-0.39, 0.29) is 12.1 Å². The summed E-state index contributed by atoms with van der Waals surface area (Å²) in [6.45, 7) is 0.689. The van der Waals surface area contributed by atoms with Gasteiger partial charge < -0.3 is 10.2 Å². The van der Waals surface area contributed by atoms with Crippen molar-refractivity contribution in [1.29, 1.82) is 0 Å². The highest BCUT2D eigenvalue weighted by atomic mass is 19.4. The molecule has 0 amide bonds. The normalized spacial score (nSPS) is 16.3. The summed E-state index contributed by atoms with van der Waals surface area (Å²) < 4.78 is 40.7. The molecule has 1 aromatic heterocycles. The van der Waals surface area contributed by atoms with Gasteiger partial charge >= 0.3 is 6.18 Å². The SMILES string of the molecule is CN(C)c1ccc(/C=C2\CNCc3c(C(F)(F)F)nn(C)c32)cc1. The van der Waals surface area contributed by atoms with Crippen molar-refractivity contribution < 1.29 is 13.2 Å². The van der Waals surface area contributed by atoms with Gasteiger partial charge in [0, 0.05) is 45.5 Å². The third-order valence-electron chi connectivity index (χ3n) is 4.09. The standard InChI is InChI=1S/C17H19F3N4/c1-23(2)13-6-4-11(5-7-13)8-12-9-21-10-14-15(12)24(3)22-16(14)17(18,19)20/h4-8,21H,9-10H2,1-3H3/b12-8+. The number of nitrogens with one attached hydrogen (secondary N) is 1. The lowest BCUT2D eigenvalue weighted by Crippen LogP contribution is -2.25. The zero-order valence-electron chi connectivity index (χ0n) is 13.8. The second kappa shape index (κ2) is 5.98. The van der Waals surface area contributed by atoms with Gasteiger partial charge in [0.15, 0.2) is 5.69 Å². The average Bonchev–Trinajstić information content (AvgIpc) is 2.86. The smallest absolute Gasteiger partial charge is 0.378 e. The molecule has 0 radical (unpaired) electrons. The minimum absolute atomic E-state index is 0.176. The largest absolute Gasteiger partial charge is 0.435 e. The third kappa shape index (κ3) is 3.03. The molecule has 0 fully saturated rings. The van der Waals surface area contributed by atoms with E-state index in [2.05, 4.69) is 10.4 Å². The molecule has 3 rings (SSSR count). The molecule has 0 bridgehead atoms. The van der Waals surface area contributed by atoms with Gasteiger partial charge in [-0.1, -0.05) is 12.1 Å². The van der Waals surface area contributed by atoms with E-state index in [4.69, 9.17) is 0 Å². The molecule has 2 aromatic rings. The number of aryl methyl sites for hydroxylation is 1. The number of hydrogen-bond donors (Lipinski definition) is 1. The van der Waals surface area contributed by atoms with Crippen LogP contribution in [0.3, 0.4) is 0 Å². The minimum atomic E-state index is -4.44.